The van der Waals surface area contributed by atoms with Gasteiger partial charge in [-0.1, -0.05) is 6.07 Å². The van der Waals surface area contributed by atoms with Crippen molar-refractivity contribution in [2.75, 3.05) is 4.72 Å². The lowest BCUT2D eigenvalue weighted by Crippen LogP contribution is -2.15. The number of anilines is 1. The number of hydrogen-bond acceptors (Lipinski definition) is 4. The smallest absolute Gasteiger partial charge is 0.340 e. The topological polar surface area (TPSA) is 83.5 Å². The zero-order valence-corrected chi connectivity index (χ0v) is 11.0. The maximum Gasteiger partial charge on any atom is 0.340 e. The van der Waals surface area contributed by atoms with Crippen LogP contribution in [0.5, 0.6) is 0 Å². The number of benzene rings is 1. The molecule has 0 unspecified atom stereocenters. The number of aromatic carboxylic acids is 1. The van der Waals surface area contributed by atoms with Crippen molar-refractivity contribution in [3.63, 3.8) is 0 Å². The van der Waals surface area contributed by atoms with Crippen LogP contribution in [0, 0.1) is 5.82 Å². The first-order valence-corrected chi connectivity index (χ1v) is 7.41. The molecule has 8 heteroatoms. The van der Waals surface area contributed by atoms with E-state index >= 15 is 0 Å². The van der Waals surface area contributed by atoms with Crippen molar-refractivity contribution in [2.24, 2.45) is 0 Å². The molecule has 0 saturated heterocycles. The van der Waals surface area contributed by atoms with Gasteiger partial charge in [0, 0.05) is 5.38 Å². The first-order valence-electron chi connectivity index (χ1n) is 4.98. The average molecular weight is 301 g/mol. The first-order chi connectivity index (χ1) is 8.92. The summed E-state index contributed by atoms with van der Waals surface area (Å²) in [6.45, 7) is 0. The van der Waals surface area contributed by atoms with Gasteiger partial charge in [-0.15, -0.1) is 0 Å². The molecular formula is C11H8FNO4S2. The molecule has 0 aliphatic carbocycles. The molecule has 0 radical (unpaired) electrons. The van der Waals surface area contributed by atoms with E-state index in [0.717, 1.165) is 6.07 Å². The Morgan fingerprint density at radius 2 is 2.05 bits per heavy atom. The third-order valence-electron chi connectivity index (χ3n) is 2.28. The van der Waals surface area contributed by atoms with Crippen LogP contribution in [-0.4, -0.2) is 19.5 Å². The highest BCUT2D eigenvalue weighted by molar-refractivity contribution is 7.92. The van der Waals surface area contributed by atoms with E-state index in [4.69, 9.17) is 5.11 Å². The number of thiophene rings is 1. The summed E-state index contributed by atoms with van der Waals surface area (Å²) in [6, 6.07) is 4.74. The summed E-state index contributed by atoms with van der Waals surface area (Å²) >= 11 is 1.18. The van der Waals surface area contributed by atoms with Gasteiger partial charge in [-0.25, -0.2) is 17.6 Å². The van der Waals surface area contributed by atoms with Crippen LogP contribution in [0.3, 0.4) is 0 Å². The predicted molar refractivity (Wildman–Crippen MR) is 68.5 cm³/mol. The van der Waals surface area contributed by atoms with Gasteiger partial charge in [-0.05, 0) is 23.6 Å². The van der Waals surface area contributed by atoms with Crippen molar-refractivity contribution in [1.82, 2.24) is 0 Å². The quantitative estimate of drug-likeness (QED) is 0.908. The zero-order valence-electron chi connectivity index (χ0n) is 9.33. The van der Waals surface area contributed by atoms with Gasteiger partial charge in [0.1, 0.15) is 11.4 Å². The number of rotatable bonds is 4. The standard InChI is InChI=1S/C11H8FNO4S2/c12-8-2-1-3-9(10(8)11(14)15)13-19(16,17)7-4-5-18-6-7/h1-6,13H,(H,14,15). The molecule has 0 fully saturated rings. The van der Waals surface area contributed by atoms with Crippen molar-refractivity contribution >= 4 is 33.0 Å². The molecular weight excluding hydrogens is 293 g/mol. The maximum atomic E-state index is 13.4. The predicted octanol–water partition coefficient (Wildman–Crippen LogP) is 2.39. The van der Waals surface area contributed by atoms with E-state index in [9.17, 15) is 17.6 Å². The van der Waals surface area contributed by atoms with E-state index < -0.39 is 27.4 Å². The highest BCUT2D eigenvalue weighted by Gasteiger charge is 2.21. The fourth-order valence-corrected chi connectivity index (χ4v) is 3.54. The summed E-state index contributed by atoms with van der Waals surface area (Å²) in [5.74, 6) is -2.54. The van der Waals surface area contributed by atoms with Crippen LogP contribution in [0.2, 0.25) is 0 Å². The van der Waals surface area contributed by atoms with Crippen LogP contribution < -0.4 is 4.72 Å². The molecule has 0 bridgehead atoms. The van der Waals surface area contributed by atoms with Gasteiger partial charge in [0.25, 0.3) is 10.0 Å². The Bertz CT molecular complexity index is 710. The minimum Gasteiger partial charge on any atom is -0.478 e. The van der Waals surface area contributed by atoms with Crippen LogP contribution in [-0.2, 0) is 10.0 Å². The van der Waals surface area contributed by atoms with E-state index in [1.165, 1.54) is 34.9 Å². The lowest BCUT2D eigenvalue weighted by molar-refractivity contribution is 0.0693. The SMILES string of the molecule is O=C(O)c1c(F)cccc1NS(=O)(=O)c1ccsc1. The summed E-state index contributed by atoms with van der Waals surface area (Å²) in [4.78, 5) is 10.9. The molecule has 0 saturated carbocycles. The Labute approximate surface area is 112 Å². The molecule has 2 rings (SSSR count). The van der Waals surface area contributed by atoms with Gasteiger partial charge in [-0.3, -0.25) is 4.72 Å². The number of sulfonamides is 1. The summed E-state index contributed by atoms with van der Waals surface area (Å²) in [7, 11) is -3.91. The van der Waals surface area contributed by atoms with E-state index in [2.05, 4.69) is 4.72 Å². The summed E-state index contributed by atoms with van der Waals surface area (Å²) < 4.78 is 39.3. The summed E-state index contributed by atoms with van der Waals surface area (Å²) in [5, 5.41) is 11.9. The molecule has 1 aromatic carbocycles. The Morgan fingerprint density at radius 1 is 1.32 bits per heavy atom. The van der Waals surface area contributed by atoms with Gasteiger partial charge < -0.3 is 5.11 Å². The highest BCUT2D eigenvalue weighted by Crippen LogP contribution is 2.23. The van der Waals surface area contributed by atoms with Crippen LogP contribution in [0.1, 0.15) is 10.4 Å². The number of halogens is 1. The number of carboxylic acid groups (broad SMARTS) is 1. The first kappa shape index (κ1) is 13.5. The lowest BCUT2D eigenvalue weighted by Gasteiger charge is -2.09. The molecule has 0 aliphatic heterocycles. The largest absolute Gasteiger partial charge is 0.478 e. The number of carbonyl (C=O) groups is 1. The second-order valence-corrected chi connectivity index (χ2v) is 5.99. The Balaban J connectivity index is 2.45. The zero-order chi connectivity index (χ0) is 14.0. The molecule has 100 valence electrons. The number of carboxylic acids is 1. The van der Waals surface area contributed by atoms with Gasteiger partial charge in [0.05, 0.1) is 10.6 Å². The molecule has 1 aromatic heterocycles. The Morgan fingerprint density at radius 3 is 2.63 bits per heavy atom. The van der Waals surface area contributed by atoms with Gasteiger partial charge in [0.2, 0.25) is 0 Å². The number of hydrogen-bond donors (Lipinski definition) is 2. The van der Waals surface area contributed by atoms with Crippen molar-refractivity contribution in [1.29, 1.82) is 0 Å². The Kier molecular flexibility index (Phi) is 3.54. The third kappa shape index (κ3) is 2.74. The van der Waals surface area contributed by atoms with E-state index in [1.54, 1.807) is 5.38 Å². The molecule has 2 N–H and O–H groups in total. The molecule has 5 nitrogen and oxygen atoms in total. The summed E-state index contributed by atoms with van der Waals surface area (Å²) in [5.41, 5.74) is -1.01. The minimum absolute atomic E-state index is 0.00176. The lowest BCUT2D eigenvalue weighted by atomic mass is 10.2. The molecule has 2 aromatic rings. The van der Waals surface area contributed by atoms with Crippen molar-refractivity contribution < 1.29 is 22.7 Å². The van der Waals surface area contributed by atoms with Crippen LogP contribution in [0.15, 0.2) is 39.9 Å². The van der Waals surface area contributed by atoms with Crippen molar-refractivity contribution in [3.05, 3.63) is 46.4 Å². The van der Waals surface area contributed by atoms with Gasteiger partial charge in [0.15, 0.2) is 0 Å². The summed E-state index contributed by atoms with van der Waals surface area (Å²) in [6.07, 6.45) is 0. The van der Waals surface area contributed by atoms with E-state index in [1.807, 2.05) is 0 Å². The van der Waals surface area contributed by atoms with Crippen molar-refractivity contribution in [2.45, 2.75) is 4.90 Å². The maximum absolute atomic E-state index is 13.4. The molecule has 19 heavy (non-hydrogen) atoms. The highest BCUT2D eigenvalue weighted by atomic mass is 32.2. The second kappa shape index (κ2) is 4.98. The molecule has 1 heterocycles. The van der Waals surface area contributed by atoms with Crippen molar-refractivity contribution in [3.8, 4) is 0 Å². The van der Waals surface area contributed by atoms with Crippen LogP contribution >= 0.6 is 11.3 Å². The molecule has 0 atom stereocenters. The monoisotopic (exact) mass is 301 g/mol. The molecule has 0 spiro atoms. The minimum atomic E-state index is -3.91. The van der Waals surface area contributed by atoms with Gasteiger partial charge >= 0.3 is 5.97 Å². The fraction of sp³-hybridized carbons (Fsp3) is 0. The second-order valence-electron chi connectivity index (χ2n) is 3.53. The van der Waals surface area contributed by atoms with Crippen LogP contribution in [0.25, 0.3) is 0 Å². The Hall–Kier alpha value is -1.93. The van der Waals surface area contributed by atoms with E-state index in [0.29, 0.717) is 0 Å². The molecule has 0 aliphatic rings. The molecule has 0 amide bonds. The van der Waals surface area contributed by atoms with Gasteiger partial charge in [-0.2, -0.15) is 11.3 Å². The van der Waals surface area contributed by atoms with E-state index in [-0.39, 0.29) is 10.6 Å². The average Bonchev–Trinajstić information content (AvgIpc) is 2.81. The number of nitrogens with one attached hydrogen (secondary N) is 1. The fourth-order valence-electron chi connectivity index (χ4n) is 1.44. The normalized spacial score (nSPS) is 11.2. The third-order valence-corrected chi connectivity index (χ3v) is 4.47. The van der Waals surface area contributed by atoms with Crippen LogP contribution in [0.4, 0.5) is 10.1 Å².